The third-order valence-electron chi connectivity index (χ3n) is 3.54. The molecule has 0 aliphatic carbocycles. The minimum atomic E-state index is -1.24. The van der Waals surface area contributed by atoms with E-state index in [0.717, 1.165) is 0 Å². The van der Waals surface area contributed by atoms with Gasteiger partial charge in [-0.15, -0.1) is 0 Å². The first kappa shape index (κ1) is 11.8. The fraction of sp³-hybridized carbons (Fsp3) is 0.615. The van der Waals surface area contributed by atoms with Crippen LogP contribution in [0.4, 0.5) is 0 Å². The monoisotopic (exact) mass is 234 g/mol. The molecule has 0 aromatic carbocycles. The zero-order chi connectivity index (χ0) is 11.8. The normalized spacial score (nSPS) is 22.6. The van der Waals surface area contributed by atoms with Crippen molar-refractivity contribution in [3.05, 3.63) is 24.0 Å². The lowest BCUT2D eigenvalue weighted by Gasteiger charge is -2.27. The Balaban J connectivity index is 2.40. The van der Waals surface area contributed by atoms with E-state index in [1.54, 1.807) is 5.19 Å². The van der Waals surface area contributed by atoms with Crippen molar-refractivity contribution in [2.75, 3.05) is 13.6 Å². The first-order valence-corrected chi connectivity index (χ1v) is 9.65. The van der Waals surface area contributed by atoms with E-state index in [1.807, 2.05) is 6.20 Å². The van der Waals surface area contributed by atoms with Crippen molar-refractivity contribution in [1.29, 1.82) is 0 Å². The van der Waals surface area contributed by atoms with Crippen LogP contribution in [0, 0.1) is 0 Å². The quantitative estimate of drug-likeness (QED) is 0.731. The Morgan fingerprint density at radius 2 is 2.12 bits per heavy atom. The first-order valence-electron chi connectivity index (χ1n) is 6.15. The third kappa shape index (κ3) is 2.20. The summed E-state index contributed by atoms with van der Waals surface area (Å²) < 4.78 is 0. The van der Waals surface area contributed by atoms with Gasteiger partial charge in [-0.2, -0.15) is 0 Å². The molecule has 2 rings (SSSR count). The van der Waals surface area contributed by atoms with E-state index >= 15 is 0 Å². The smallest absolute Gasteiger partial charge is 0.0781 e. The number of aromatic nitrogens is 1. The number of hydrogen-bond donors (Lipinski definition) is 0. The predicted molar refractivity (Wildman–Crippen MR) is 71.8 cm³/mol. The van der Waals surface area contributed by atoms with Gasteiger partial charge in [0.25, 0.3) is 0 Å². The van der Waals surface area contributed by atoms with Crippen LogP contribution < -0.4 is 5.19 Å². The van der Waals surface area contributed by atoms with E-state index in [-0.39, 0.29) is 0 Å². The minimum absolute atomic E-state index is 0.607. The summed E-state index contributed by atoms with van der Waals surface area (Å²) in [5, 5.41) is 1.58. The number of rotatable bonds is 2. The largest absolute Gasteiger partial charge is 0.299 e. The lowest BCUT2D eigenvalue weighted by atomic mass is 10.1. The van der Waals surface area contributed by atoms with Crippen molar-refractivity contribution < 1.29 is 0 Å². The molecule has 1 atom stereocenters. The highest BCUT2D eigenvalue weighted by molar-refractivity contribution is 6.89. The predicted octanol–water partition coefficient (Wildman–Crippen LogP) is 2.39. The van der Waals surface area contributed by atoms with Gasteiger partial charge in [-0.3, -0.25) is 9.88 Å². The number of hydrogen-bond acceptors (Lipinski definition) is 2. The molecular weight excluding hydrogens is 212 g/mol. The SMILES string of the molecule is CN1CCC[C@H]1c1cnccc1[Si](C)(C)C. The van der Waals surface area contributed by atoms with Crippen molar-refractivity contribution in [3.8, 4) is 0 Å². The summed E-state index contributed by atoms with van der Waals surface area (Å²) in [5.74, 6) is 0. The van der Waals surface area contributed by atoms with E-state index in [2.05, 4.69) is 48.8 Å². The summed E-state index contributed by atoms with van der Waals surface area (Å²) >= 11 is 0. The van der Waals surface area contributed by atoms with Crippen LogP contribution in [0.1, 0.15) is 24.4 Å². The van der Waals surface area contributed by atoms with Gasteiger partial charge < -0.3 is 0 Å². The van der Waals surface area contributed by atoms with E-state index in [0.29, 0.717) is 6.04 Å². The molecule has 0 N–H and O–H groups in total. The second-order valence-corrected chi connectivity index (χ2v) is 10.9. The first-order chi connectivity index (χ1) is 7.50. The van der Waals surface area contributed by atoms with Gasteiger partial charge in [0.05, 0.1) is 8.07 Å². The molecule has 2 heterocycles. The highest BCUT2D eigenvalue weighted by atomic mass is 28.3. The fourth-order valence-corrected chi connectivity index (χ4v) is 4.33. The van der Waals surface area contributed by atoms with Crippen LogP contribution >= 0.6 is 0 Å². The molecule has 88 valence electrons. The highest BCUT2D eigenvalue weighted by Gasteiger charge is 2.28. The molecule has 0 amide bonds. The summed E-state index contributed by atoms with van der Waals surface area (Å²) in [7, 11) is 0.993. The second kappa shape index (κ2) is 4.30. The van der Waals surface area contributed by atoms with Crippen molar-refractivity contribution >= 4 is 13.3 Å². The lowest BCUT2D eigenvalue weighted by molar-refractivity contribution is 0.318. The van der Waals surface area contributed by atoms with Gasteiger partial charge in [0.2, 0.25) is 0 Å². The summed E-state index contributed by atoms with van der Waals surface area (Å²) in [6.45, 7) is 8.48. The van der Waals surface area contributed by atoms with Crippen LogP contribution in [0.3, 0.4) is 0 Å². The summed E-state index contributed by atoms with van der Waals surface area (Å²) in [6.07, 6.45) is 6.66. The van der Waals surface area contributed by atoms with Crippen molar-refractivity contribution in [1.82, 2.24) is 9.88 Å². The molecule has 1 aliphatic rings. The molecule has 1 fully saturated rings. The van der Waals surface area contributed by atoms with Crippen LogP contribution in [-0.2, 0) is 0 Å². The minimum Gasteiger partial charge on any atom is -0.299 e. The summed E-state index contributed by atoms with van der Waals surface area (Å²) in [6, 6.07) is 2.85. The van der Waals surface area contributed by atoms with Crippen molar-refractivity contribution in [2.45, 2.75) is 38.5 Å². The van der Waals surface area contributed by atoms with Crippen LogP contribution in [0.25, 0.3) is 0 Å². The molecule has 0 saturated carbocycles. The van der Waals surface area contributed by atoms with Gasteiger partial charge in [0.1, 0.15) is 0 Å². The van der Waals surface area contributed by atoms with Gasteiger partial charge in [-0.25, -0.2) is 0 Å². The Labute approximate surface area is 99.7 Å². The Morgan fingerprint density at radius 3 is 2.69 bits per heavy atom. The second-order valence-electron chi connectivity index (χ2n) is 5.85. The standard InChI is InChI=1S/C13H22N2Si/c1-15-9-5-6-12(15)11-10-14-8-7-13(11)16(2,3)4/h7-8,10,12H,5-6,9H2,1-4H3/t12-/m0/s1. The highest BCUT2D eigenvalue weighted by Crippen LogP contribution is 2.29. The van der Waals surface area contributed by atoms with Crippen molar-refractivity contribution in [3.63, 3.8) is 0 Å². The number of likely N-dealkylation sites (tertiary alicyclic amines) is 1. The molecule has 3 heteroatoms. The molecule has 0 spiro atoms. The third-order valence-corrected chi connectivity index (χ3v) is 5.61. The summed E-state index contributed by atoms with van der Waals surface area (Å²) in [4.78, 5) is 6.81. The fourth-order valence-electron chi connectivity index (χ4n) is 2.66. The van der Waals surface area contributed by atoms with Gasteiger partial charge in [0.15, 0.2) is 0 Å². The average Bonchev–Trinajstić information content (AvgIpc) is 2.63. The van der Waals surface area contributed by atoms with Gasteiger partial charge in [-0.05, 0) is 38.1 Å². The van der Waals surface area contributed by atoms with Crippen LogP contribution in [0.5, 0.6) is 0 Å². The van der Waals surface area contributed by atoms with Gasteiger partial charge >= 0.3 is 0 Å². The maximum atomic E-state index is 4.33. The van der Waals surface area contributed by atoms with Crippen molar-refractivity contribution in [2.24, 2.45) is 0 Å². The zero-order valence-electron chi connectivity index (χ0n) is 10.8. The van der Waals surface area contributed by atoms with Gasteiger partial charge in [-0.1, -0.05) is 24.8 Å². The summed E-state index contributed by atoms with van der Waals surface area (Å²) in [5.41, 5.74) is 1.49. The molecule has 0 radical (unpaired) electrons. The molecule has 1 aromatic heterocycles. The van der Waals surface area contributed by atoms with Crippen LogP contribution in [0.15, 0.2) is 18.5 Å². The zero-order valence-corrected chi connectivity index (χ0v) is 11.8. The lowest BCUT2D eigenvalue weighted by Crippen LogP contribution is -2.42. The Bertz CT molecular complexity index is 370. The van der Waals surface area contributed by atoms with E-state index in [9.17, 15) is 0 Å². The number of nitrogens with zero attached hydrogens (tertiary/aromatic N) is 2. The topological polar surface area (TPSA) is 16.1 Å². The molecule has 2 nitrogen and oxygen atoms in total. The van der Waals surface area contributed by atoms with Gasteiger partial charge in [0, 0.05) is 18.4 Å². The van der Waals surface area contributed by atoms with E-state index in [1.165, 1.54) is 24.9 Å². The Morgan fingerprint density at radius 1 is 1.38 bits per heavy atom. The van der Waals surface area contributed by atoms with E-state index in [4.69, 9.17) is 0 Å². The molecule has 16 heavy (non-hydrogen) atoms. The molecule has 1 aromatic rings. The Hall–Kier alpha value is -0.673. The maximum Gasteiger partial charge on any atom is 0.0781 e. The van der Waals surface area contributed by atoms with E-state index < -0.39 is 8.07 Å². The molecule has 1 aliphatic heterocycles. The average molecular weight is 234 g/mol. The van der Waals surface area contributed by atoms with Crippen LogP contribution in [0.2, 0.25) is 19.6 Å². The molecule has 1 saturated heterocycles. The van der Waals surface area contributed by atoms with Crippen LogP contribution in [-0.4, -0.2) is 31.6 Å². The number of pyridine rings is 1. The maximum absolute atomic E-state index is 4.33. The Kier molecular flexibility index (Phi) is 3.17. The molecule has 0 unspecified atom stereocenters. The molecule has 0 bridgehead atoms. The molecular formula is C13H22N2Si.